The third-order valence-corrected chi connectivity index (χ3v) is 3.80. The highest BCUT2D eigenvalue weighted by Gasteiger charge is 2.29. The molecule has 2 rings (SSSR count). The van der Waals surface area contributed by atoms with Gasteiger partial charge in [0, 0.05) is 5.56 Å². The lowest BCUT2D eigenvalue weighted by Gasteiger charge is -2.25. The summed E-state index contributed by atoms with van der Waals surface area (Å²) in [5.74, 6) is -1.28. The number of rotatable bonds is 6. The van der Waals surface area contributed by atoms with E-state index < -0.39 is 23.4 Å². The van der Waals surface area contributed by atoms with Crippen LogP contribution in [0.5, 0.6) is 0 Å². The molecule has 1 unspecified atom stereocenters. The van der Waals surface area contributed by atoms with Gasteiger partial charge in [0.15, 0.2) is 5.82 Å². The number of nitrogens with one attached hydrogen (secondary N) is 1. The van der Waals surface area contributed by atoms with Crippen molar-refractivity contribution in [3.8, 4) is 0 Å². The molecule has 7 heteroatoms. The Morgan fingerprint density at radius 3 is 2.50 bits per heavy atom. The smallest absolute Gasteiger partial charge is 0.412 e. The first kappa shape index (κ1) is 19.4. The topological polar surface area (TPSA) is 90.6 Å². The molecule has 26 heavy (non-hydrogen) atoms. The van der Waals surface area contributed by atoms with E-state index in [-0.39, 0.29) is 24.3 Å². The van der Waals surface area contributed by atoms with Gasteiger partial charge in [-0.1, -0.05) is 42.5 Å². The van der Waals surface area contributed by atoms with Crippen LogP contribution >= 0.6 is 0 Å². The summed E-state index contributed by atoms with van der Waals surface area (Å²) in [6.45, 7) is 1.57. The molecular weight excluding hydrogens is 339 g/mol. The van der Waals surface area contributed by atoms with Gasteiger partial charge in [0.1, 0.15) is 6.61 Å². The summed E-state index contributed by atoms with van der Waals surface area (Å²) < 4.78 is 24.4. The van der Waals surface area contributed by atoms with E-state index in [2.05, 4.69) is 10.1 Å². The molecule has 3 N–H and O–H groups in total. The van der Waals surface area contributed by atoms with E-state index in [9.17, 15) is 14.0 Å². The Hall–Kier alpha value is -2.93. The van der Waals surface area contributed by atoms with Gasteiger partial charge >= 0.3 is 12.1 Å². The summed E-state index contributed by atoms with van der Waals surface area (Å²) in [5, 5.41) is 2.35. The van der Waals surface area contributed by atoms with Crippen molar-refractivity contribution < 1.29 is 23.5 Å². The van der Waals surface area contributed by atoms with Crippen LogP contribution in [-0.2, 0) is 26.4 Å². The molecule has 0 bridgehead atoms. The summed E-state index contributed by atoms with van der Waals surface area (Å²) in [5.41, 5.74) is 5.59. The third kappa shape index (κ3) is 5.03. The minimum absolute atomic E-state index is 0.0604. The van der Waals surface area contributed by atoms with Crippen molar-refractivity contribution in [2.24, 2.45) is 5.73 Å². The summed E-state index contributed by atoms with van der Waals surface area (Å²) in [6, 6.07) is 13.5. The number of anilines is 1. The van der Waals surface area contributed by atoms with E-state index in [4.69, 9.17) is 10.5 Å². The highest BCUT2D eigenvalue weighted by atomic mass is 19.1. The van der Waals surface area contributed by atoms with Crippen molar-refractivity contribution >= 4 is 17.7 Å². The third-order valence-electron chi connectivity index (χ3n) is 3.80. The van der Waals surface area contributed by atoms with Gasteiger partial charge in [0.05, 0.1) is 24.8 Å². The number of methoxy groups -OCH3 is 1. The van der Waals surface area contributed by atoms with Gasteiger partial charge < -0.3 is 15.2 Å². The molecule has 0 saturated heterocycles. The maximum atomic E-state index is 14.7. The Kier molecular flexibility index (Phi) is 6.30. The molecule has 2 aromatic rings. The average molecular weight is 360 g/mol. The molecule has 0 heterocycles. The maximum Gasteiger partial charge on any atom is 0.412 e. The van der Waals surface area contributed by atoms with Gasteiger partial charge in [0.2, 0.25) is 0 Å². The minimum atomic E-state index is -1.29. The van der Waals surface area contributed by atoms with Gasteiger partial charge in [-0.15, -0.1) is 0 Å². The lowest BCUT2D eigenvalue weighted by Crippen LogP contribution is -2.37. The van der Waals surface area contributed by atoms with Crippen LogP contribution in [0.15, 0.2) is 48.5 Å². The van der Waals surface area contributed by atoms with Crippen LogP contribution in [0.4, 0.5) is 14.9 Å². The van der Waals surface area contributed by atoms with Crippen molar-refractivity contribution in [3.05, 3.63) is 65.5 Å². The Bertz CT molecular complexity index is 778. The normalized spacial score (nSPS) is 12.8. The molecule has 0 aliphatic rings. The molecule has 138 valence electrons. The molecule has 0 radical (unpaired) electrons. The molecule has 0 aliphatic heterocycles. The summed E-state index contributed by atoms with van der Waals surface area (Å²) in [7, 11) is 1.23. The largest absolute Gasteiger partial charge is 0.469 e. The minimum Gasteiger partial charge on any atom is -0.469 e. The molecule has 0 aliphatic carbocycles. The lowest BCUT2D eigenvalue weighted by atomic mass is 9.89. The first-order chi connectivity index (χ1) is 12.3. The Balaban J connectivity index is 2.08. The van der Waals surface area contributed by atoms with Gasteiger partial charge in [0.25, 0.3) is 0 Å². The molecule has 1 amide bonds. The number of esters is 1. The number of amides is 1. The van der Waals surface area contributed by atoms with E-state index in [1.807, 2.05) is 18.2 Å². The SMILES string of the molecule is COC(=O)CC(C)(N)c1cccc(NC(=O)OCc2ccccc2)c1F. The number of carbonyl (C=O) groups excluding carboxylic acids is 2. The number of hydrogen-bond donors (Lipinski definition) is 2. The summed E-state index contributed by atoms with van der Waals surface area (Å²) in [6.07, 6.45) is -1.00. The number of ether oxygens (including phenoxy) is 2. The second-order valence-corrected chi connectivity index (χ2v) is 6.02. The lowest BCUT2D eigenvalue weighted by molar-refractivity contribution is -0.142. The fraction of sp³-hybridized carbons (Fsp3) is 0.263. The Morgan fingerprint density at radius 1 is 1.15 bits per heavy atom. The second kappa shape index (κ2) is 8.44. The zero-order chi connectivity index (χ0) is 19.2. The monoisotopic (exact) mass is 360 g/mol. The summed E-state index contributed by atoms with van der Waals surface area (Å²) in [4.78, 5) is 23.4. The molecule has 6 nitrogen and oxygen atoms in total. The molecule has 0 spiro atoms. The van der Waals surface area contributed by atoms with E-state index >= 15 is 0 Å². The van der Waals surface area contributed by atoms with E-state index in [0.717, 1.165) is 5.56 Å². The van der Waals surface area contributed by atoms with Crippen molar-refractivity contribution in [2.45, 2.75) is 25.5 Å². The molecule has 0 saturated carbocycles. The number of benzene rings is 2. The number of carbonyl (C=O) groups is 2. The summed E-state index contributed by atoms with van der Waals surface area (Å²) >= 11 is 0. The molecular formula is C19H21FN2O4. The van der Waals surface area contributed by atoms with Crippen LogP contribution in [-0.4, -0.2) is 19.2 Å². The number of hydrogen-bond acceptors (Lipinski definition) is 5. The van der Waals surface area contributed by atoms with E-state index in [1.54, 1.807) is 12.1 Å². The van der Waals surface area contributed by atoms with Crippen molar-refractivity contribution in [3.63, 3.8) is 0 Å². The van der Waals surface area contributed by atoms with Crippen LogP contribution in [0.1, 0.15) is 24.5 Å². The zero-order valence-corrected chi connectivity index (χ0v) is 14.6. The van der Waals surface area contributed by atoms with Crippen LogP contribution < -0.4 is 11.1 Å². The molecule has 0 fully saturated rings. The highest BCUT2D eigenvalue weighted by molar-refractivity contribution is 5.85. The Labute approximate surface area is 151 Å². The zero-order valence-electron chi connectivity index (χ0n) is 14.6. The van der Waals surface area contributed by atoms with Crippen LogP contribution in [0, 0.1) is 5.82 Å². The van der Waals surface area contributed by atoms with E-state index in [1.165, 1.54) is 32.2 Å². The fourth-order valence-corrected chi connectivity index (χ4v) is 2.41. The van der Waals surface area contributed by atoms with Crippen LogP contribution in [0.2, 0.25) is 0 Å². The predicted molar refractivity (Wildman–Crippen MR) is 94.8 cm³/mol. The first-order valence-corrected chi connectivity index (χ1v) is 7.96. The van der Waals surface area contributed by atoms with Crippen LogP contribution in [0.25, 0.3) is 0 Å². The number of halogens is 1. The Morgan fingerprint density at radius 2 is 1.85 bits per heavy atom. The predicted octanol–water partition coefficient (Wildman–Crippen LogP) is 3.31. The van der Waals surface area contributed by atoms with Gasteiger partial charge in [-0.2, -0.15) is 0 Å². The fourth-order valence-electron chi connectivity index (χ4n) is 2.41. The van der Waals surface area contributed by atoms with E-state index in [0.29, 0.717) is 0 Å². The van der Waals surface area contributed by atoms with Crippen molar-refractivity contribution in [2.75, 3.05) is 12.4 Å². The first-order valence-electron chi connectivity index (χ1n) is 7.96. The molecule has 1 atom stereocenters. The number of nitrogens with two attached hydrogens (primary N) is 1. The maximum absolute atomic E-state index is 14.7. The van der Waals surface area contributed by atoms with Gasteiger partial charge in [-0.25, -0.2) is 9.18 Å². The van der Waals surface area contributed by atoms with Gasteiger partial charge in [-0.05, 0) is 18.6 Å². The quantitative estimate of drug-likeness (QED) is 0.771. The molecule has 0 aromatic heterocycles. The second-order valence-electron chi connectivity index (χ2n) is 6.02. The molecule has 2 aromatic carbocycles. The highest BCUT2D eigenvalue weighted by Crippen LogP contribution is 2.29. The standard InChI is InChI=1S/C19H21FN2O4/c1-19(21,11-16(23)25-2)14-9-6-10-15(17(14)20)22-18(24)26-12-13-7-4-3-5-8-13/h3-10H,11-12,21H2,1-2H3,(H,22,24). The van der Waals surface area contributed by atoms with Crippen molar-refractivity contribution in [1.29, 1.82) is 0 Å². The van der Waals surface area contributed by atoms with Gasteiger partial charge in [-0.3, -0.25) is 10.1 Å². The van der Waals surface area contributed by atoms with Crippen molar-refractivity contribution in [1.82, 2.24) is 0 Å². The van der Waals surface area contributed by atoms with Crippen LogP contribution in [0.3, 0.4) is 0 Å². The average Bonchev–Trinajstić information content (AvgIpc) is 2.62.